The van der Waals surface area contributed by atoms with Crippen molar-refractivity contribution in [1.82, 2.24) is 10.2 Å². The summed E-state index contributed by atoms with van der Waals surface area (Å²) in [4.78, 5) is 25.1. The summed E-state index contributed by atoms with van der Waals surface area (Å²) in [6.07, 6.45) is 0. The van der Waals surface area contributed by atoms with Gasteiger partial charge in [0, 0.05) is 37.5 Å². The van der Waals surface area contributed by atoms with Crippen LogP contribution in [0.2, 0.25) is 0 Å². The largest absolute Gasteiger partial charge is 0.379 e. The van der Waals surface area contributed by atoms with Gasteiger partial charge in [0.15, 0.2) is 0 Å². The van der Waals surface area contributed by atoms with Crippen molar-refractivity contribution in [3.05, 3.63) is 70.3 Å². The first-order valence-corrected chi connectivity index (χ1v) is 8.79. The number of amides is 2. The third-order valence-corrected chi connectivity index (χ3v) is 4.37. The van der Waals surface area contributed by atoms with Crippen molar-refractivity contribution in [2.45, 2.75) is 6.04 Å². The summed E-state index contributed by atoms with van der Waals surface area (Å²) in [6, 6.07) is 15.0. The van der Waals surface area contributed by atoms with E-state index in [1.54, 1.807) is 6.07 Å². The van der Waals surface area contributed by atoms with Gasteiger partial charge in [0.1, 0.15) is 0 Å². The van der Waals surface area contributed by atoms with Crippen LogP contribution in [0.1, 0.15) is 11.6 Å². The number of nitrogens with zero attached hydrogens (tertiary/aromatic N) is 2. The van der Waals surface area contributed by atoms with Gasteiger partial charge < -0.3 is 15.4 Å². The second-order valence-corrected chi connectivity index (χ2v) is 6.28. The lowest BCUT2D eigenvalue weighted by molar-refractivity contribution is -0.384. The summed E-state index contributed by atoms with van der Waals surface area (Å²) >= 11 is 0. The standard InChI is InChI=1S/C19H22N4O4/c24-19(20-16-7-4-8-17(13-16)23(25)26)21-18(15-5-2-1-3-6-15)14-22-9-11-27-12-10-22/h1-8,13,18H,9-12,14H2,(H2,20,21,24). The average Bonchev–Trinajstić information content (AvgIpc) is 2.69. The predicted octanol–water partition coefficient (Wildman–Crippen LogP) is 2.79. The fourth-order valence-electron chi connectivity index (χ4n) is 2.98. The highest BCUT2D eigenvalue weighted by Crippen LogP contribution is 2.18. The van der Waals surface area contributed by atoms with Crippen LogP contribution in [0.25, 0.3) is 0 Å². The van der Waals surface area contributed by atoms with E-state index in [0.29, 0.717) is 25.4 Å². The van der Waals surface area contributed by atoms with E-state index in [9.17, 15) is 14.9 Å². The Morgan fingerprint density at radius 3 is 2.59 bits per heavy atom. The SMILES string of the molecule is O=C(Nc1cccc([N+](=O)[O-])c1)NC(CN1CCOCC1)c1ccccc1. The highest BCUT2D eigenvalue weighted by atomic mass is 16.6. The van der Waals surface area contributed by atoms with E-state index in [0.717, 1.165) is 18.7 Å². The van der Waals surface area contributed by atoms with Gasteiger partial charge in [-0.05, 0) is 11.6 Å². The van der Waals surface area contributed by atoms with Crippen LogP contribution >= 0.6 is 0 Å². The van der Waals surface area contributed by atoms with Crippen molar-refractivity contribution in [2.24, 2.45) is 0 Å². The van der Waals surface area contributed by atoms with E-state index in [2.05, 4.69) is 15.5 Å². The summed E-state index contributed by atoms with van der Waals surface area (Å²) in [7, 11) is 0. The quantitative estimate of drug-likeness (QED) is 0.602. The molecule has 142 valence electrons. The highest BCUT2D eigenvalue weighted by Gasteiger charge is 2.20. The minimum atomic E-state index is -0.492. The third kappa shape index (κ3) is 5.50. The Morgan fingerprint density at radius 1 is 1.15 bits per heavy atom. The van der Waals surface area contributed by atoms with Gasteiger partial charge in [0.2, 0.25) is 0 Å². The number of urea groups is 1. The number of nitro benzene ring substituents is 1. The van der Waals surface area contributed by atoms with Crippen LogP contribution in [0.3, 0.4) is 0 Å². The number of non-ortho nitro benzene ring substituents is 1. The number of hydrogen-bond acceptors (Lipinski definition) is 5. The predicted molar refractivity (Wildman–Crippen MR) is 102 cm³/mol. The molecule has 0 aliphatic carbocycles. The molecule has 27 heavy (non-hydrogen) atoms. The number of ether oxygens (including phenoxy) is 1. The maximum absolute atomic E-state index is 12.5. The van der Waals surface area contributed by atoms with E-state index in [-0.39, 0.29) is 11.7 Å². The van der Waals surface area contributed by atoms with Gasteiger partial charge in [-0.15, -0.1) is 0 Å². The number of rotatable bonds is 6. The first kappa shape index (κ1) is 18.8. The second kappa shape index (κ2) is 9.11. The summed E-state index contributed by atoms with van der Waals surface area (Å²) < 4.78 is 5.38. The number of carbonyl (C=O) groups excluding carboxylic acids is 1. The number of carbonyl (C=O) groups is 1. The van der Waals surface area contributed by atoms with Gasteiger partial charge in [-0.25, -0.2) is 4.79 Å². The molecule has 1 atom stereocenters. The zero-order chi connectivity index (χ0) is 19.1. The Kier molecular flexibility index (Phi) is 6.35. The first-order chi connectivity index (χ1) is 13.1. The van der Waals surface area contributed by atoms with E-state index in [1.807, 2.05) is 30.3 Å². The van der Waals surface area contributed by atoms with Crippen LogP contribution in [0.15, 0.2) is 54.6 Å². The Labute approximate surface area is 157 Å². The molecule has 0 saturated carbocycles. The molecular weight excluding hydrogens is 348 g/mol. The van der Waals surface area contributed by atoms with Gasteiger partial charge in [-0.2, -0.15) is 0 Å². The molecule has 2 aromatic carbocycles. The van der Waals surface area contributed by atoms with Gasteiger partial charge in [-0.3, -0.25) is 15.0 Å². The van der Waals surface area contributed by atoms with Crippen molar-refractivity contribution in [3.63, 3.8) is 0 Å². The van der Waals surface area contributed by atoms with Crippen molar-refractivity contribution in [3.8, 4) is 0 Å². The Morgan fingerprint density at radius 2 is 1.89 bits per heavy atom. The fraction of sp³-hybridized carbons (Fsp3) is 0.316. The second-order valence-electron chi connectivity index (χ2n) is 6.28. The van der Waals surface area contributed by atoms with Crippen LogP contribution in [-0.2, 0) is 4.74 Å². The summed E-state index contributed by atoms with van der Waals surface area (Å²) in [6.45, 7) is 3.66. The van der Waals surface area contributed by atoms with Crippen LogP contribution in [0.4, 0.5) is 16.2 Å². The average molecular weight is 370 g/mol. The number of anilines is 1. The van der Waals surface area contributed by atoms with Crippen LogP contribution in [-0.4, -0.2) is 48.7 Å². The fourth-order valence-corrected chi connectivity index (χ4v) is 2.98. The molecule has 8 heteroatoms. The Hall–Kier alpha value is -2.97. The van der Waals surface area contributed by atoms with Crippen molar-refractivity contribution < 1.29 is 14.5 Å². The van der Waals surface area contributed by atoms with Gasteiger partial charge in [0.05, 0.1) is 24.2 Å². The number of morpholine rings is 1. The number of hydrogen-bond donors (Lipinski definition) is 2. The number of benzene rings is 2. The lowest BCUT2D eigenvalue weighted by Gasteiger charge is -2.31. The maximum atomic E-state index is 12.5. The Balaban J connectivity index is 1.68. The van der Waals surface area contributed by atoms with E-state index in [1.165, 1.54) is 18.2 Å². The van der Waals surface area contributed by atoms with Gasteiger partial charge >= 0.3 is 6.03 Å². The molecule has 1 aliphatic heterocycles. The molecule has 0 aromatic heterocycles. The third-order valence-electron chi connectivity index (χ3n) is 4.37. The molecule has 1 fully saturated rings. The summed E-state index contributed by atoms with van der Waals surface area (Å²) in [5.41, 5.74) is 1.30. The van der Waals surface area contributed by atoms with Crippen molar-refractivity contribution in [1.29, 1.82) is 0 Å². The monoisotopic (exact) mass is 370 g/mol. The lowest BCUT2D eigenvalue weighted by atomic mass is 10.1. The highest BCUT2D eigenvalue weighted by molar-refractivity contribution is 5.89. The molecule has 1 saturated heterocycles. The smallest absolute Gasteiger partial charge is 0.319 e. The number of nitro groups is 1. The molecular formula is C19H22N4O4. The lowest BCUT2D eigenvalue weighted by Crippen LogP contribution is -2.44. The zero-order valence-electron chi connectivity index (χ0n) is 14.8. The van der Waals surface area contributed by atoms with E-state index < -0.39 is 11.0 Å². The van der Waals surface area contributed by atoms with Gasteiger partial charge in [0.25, 0.3) is 5.69 Å². The molecule has 1 heterocycles. The first-order valence-electron chi connectivity index (χ1n) is 8.79. The summed E-state index contributed by atoms with van der Waals surface area (Å²) in [5.74, 6) is 0. The minimum Gasteiger partial charge on any atom is -0.379 e. The van der Waals surface area contributed by atoms with Crippen molar-refractivity contribution >= 4 is 17.4 Å². The van der Waals surface area contributed by atoms with Crippen LogP contribution < -0.4 is 10.6 Å². The normalized spacial score (nSPS) is 15.7. The molecule has 2 N–H and O–H groups in total. The molecule has 3 rings (SSSR count). The van der Waals surface area contributed by atoms with E-state index >= 15 is 0 Å². The molecule has 2 aromatic rings. The zero-order valence-corrected chi connectivity index (χ0v) is 14.8. The van der Waals surface area contributed by atoms with Gasteiger partial charge in [-0.1, -0.05) is 36.4 Å². The van der Waals surface area contributed by atoms with Crippen molar-refractivity contribution in [2.75, 3.05) is 38.2 Å². The maximum Gasteiger partial charge on any atom is 0.319 e. The van der Waals surface area contributed by atoms with E-state index in [4.69, 9.17) is 4.74 Å². The molecule has 1 aliphatic rings. The topological polar surface area (TPSA) is 96.7 Å². The molecule has 8 nitrogen and oxygen atoms in total. The molecule has 0 spiro atoms. The molecule has 2 amide bonds. The number of nitrogens with one attached hydrogen (secondary N) is 2. The Bertz CT molecular complexity index is 778. The van der Waals surface area contributed by atoms with Crippen LogP contribution in [0.5, 0.6) is 0 Å². The molecule has 0 radical (unpaired) electrons. The van der Waals surface area contributed by atoms with Crippen LogP contribution in [0, 0.1) is 10.1 Å². The minimum absolute atomic E-state index is 0.0688. The molecule has 0 bridgehead atoms. The summed E-state index contributed by atoms with van der Waals surface area (Å²) in [5, 5.41) is 16.5. The molecule has 1 unspecified atom stereocenters.